The maximum atomic E-state index is 12.1. The normalized spacial score (nSPS) is 17.8. The summed E-state index contributed by atoms with van der Waals surface area (Å²) in [6.07, 6.45) is 0. The van der Waals surface area contributed by atoms with Crippen molar-refractivity contribution in [2.45, 2.75) is 6.04 Å². The number of oxime groups is 1. The molecule has 0 radical (unpaired) electrons. The van der Waals surface area contributed by atoms with Crippen molar-refractivity contribution in [1.29, 1.82) is 0 Å². The summed E-state index contributed by atoms with van der Waals surface area (Å²) in [5.41, 5.74) is 0.390. The first-order chi connectivity index (χ1) is 10.3. The minimum atomic E-state index is -4.84. The zero-order valence-electron chi connectivity index (χ0n) is 12.4. The van der Waals surface area contributed by atoms with Crippen LogP contribution in [0, 0.1) is 0 Å². The summed E-state index contributed by atoms with van der Waals surface area (Å²) in [4.78, 5) is 28.2. The molecule has 23 heavy (non-hydrogen) atoms. The Bertz CT molecular complexity index is 722. The molecule has 11 heteroatoms. The third-order valence-corrected chi connectivity index (χ3v) is 3.78. The maximum absolute atomic E-state index is 12.1. The van der Waals surface area contributed by atoms with Gasteiger partial charge in [0.25, 0.3) is 11.8 Å². The standard InChI is InChI=1S/C12H13N3O6S.Na/c1-21-14-10(8-5-3-2-4-6-8)11(16)13-9-7-15(12(9)17)22(18,19)20;/h2-6,9H,7H2,1H3,(H,13,16)(H,18,19,20);/q;+1/p-1/b14-10+;. The summed E-state index contributed by atoms with van der Waals surface area (Å²) >= 11 is 0. The fourth-order valence-electron chi connectivity index (χ4n) is 1.84. The van der Waals surface area contributed by atoms with Gasteiger partial charge in [-0.1, -0.05) is 35.5 Å². The van der Waals surface area contributed by atoms with Gasteiger partial charge in [-0.05, 0) is 0 Å². The molecule has 0 aliphatic carbocycles. The molecule has 2 rings (SSSR count). The summed E-state index contributed by atoms with van der Waals surface area (Å²) in [5, 5.41) is 5.91. The quantitative estimate of drug-likeness (QED) is 0.189. The van der Waals surface area contributed by atoms with Crippen molar-refractivity contribution in [3.05, 3.63) is 35.9 Å². The third kappa shape index (κ3) is 4.52. The largest absolute Gasteiger partial charge is 1.00 e. The Hall–Kier alpha value is -1.46. The Labute approximate surface area is 154 Å². The minimum absolute atomic E-state index is 0. The fraction of sp³-hybridized carbons (Fsp3) is 0.250. The summed E-state index contributed by atoms with van der Waals surface area (Å²) < 4.78 is 32.3. The van der Waals surface area contributed by atoms with E-state index in [0.29, 0.717) is 5.56 Å². The van der Waals surface area contributed by atoms with E-state index in [2.05, 4.69) is 15.3 Å². The van der Waals surface area contributed by atoms with Crippen LogP contribution in [0.5, 0.6) is 0 Å². The van der Waals surface area contributed by atoms with Crippen LogP contribution >= 0.6 is 0 Å². The number of hydrogen-bond acceptors (Lipinski definition) is 7. The molecule has 0 spiro atoms. The molecule has 1 fully saturated rings. The molecule has 1 unspecified atom stereocenters. The van der Waals surface area contributed by atoms with Crippen LogP contribution in [0.25, 0.3) is 0 Å². The second kappa shape index (κ2) is 7.88. The average molecular weight is 349 g/mol. The fourth-order valence-corrected chi connectivity index (χ4v) is 2.52. The van der Waals surface area contributed by atoms with Gasteiger partial charge < -0.3 is 14.7 Å². The number of benzene rings is 1. The van der Waals surface area contributed by atoms with Crippen LogP contribution < -0.4 is 34.9 Å². The number of nitrogens with zero attached hydrogens (tertiary/aromatic N) is 2. The number of nitrogens with one attached hydrogen (secondary N) is 1. The number of carbonyl (C=O) groups is 2. The summed E-state index contributed by atoms with van der Waals surface area (Å²) in [7, 11) is -3.58. The van der Waals surface area contributed by atoms with E-state index in [0.717, 1.165) is 0 Å². The molecule has 1 N–H and O–H groups in total. The molecule has 1 saturated heterocycles. The van der Waals surface area contributed by atoms with Gasteiger partial charge >= 0.3 is 29.6 Å². The van der Waals surface area contributed by atoms with Crippen molar-refractivity contribution >= 4 is 27.8 Å². The Kier molecular flexibility index (Phi) is 6.71. The molecule has 118 valence electrons. The molecule has 1 heterocycles. The number of amides is 2. The first kappa shape index (κ1) is 19.6. The van der Waals surface area contributed by atoms with Crippen molar-refractivity contribution in [2.24, 2.45) is 5.16 Å². The van der Waals surface area contributed by atoms with Crippen LogP contribution in [0.4, 0.5) is 0 Å². The smallest absolute Gasteiger partial charge is 0.731 e. The molecule has 2 amide bonds. The van der Waals surface area contributed by atoms with Gasteiger partial charge in [0.05, 0.1) is 6.54 Å². The Morgan fingerprint density at radius 3 is 2.48 bits per heavy atom. The second-order valence-corrected chi connectivity index (χ2v) is 5.64. The van der Waals surface area contributed by atoms with E-state index in [1.54, 1.807) is 30.3 Å². The first-order valence-corrected chi connectivity index (χ1v) is 7.46. The molecule has 9 nitrogen and oxygen atoms in total. The van der Waals surface area contributed by atoms with E-state index in [1.807, 2.05) is 0 Å². The molecule has 1 aromatic carbocycles. The van der Waals surface area contributed by atoms with Gasteiger partial charge in [0.1, 0.15) is 13.2 Å². The van der Waals surface area contributed by atoms with Crippen molar-refractivity contribution in [2.75, 3.05) is 13.7 Å². The summed E-state index contributed by atoms with van der Waals surface area (Å²) in [6, 6.07) is 7.28. The summed E-state index contributed by atoms with van der Waals surface area (Å²) in [5.74, 6) is -1.69. The molecular weight excluding hydrogens is 337 g/mol. The topological polar surface area (TPSA) is 128 Å². The van der Waals surface area contributed by atoms with Crippen molar-refractivity contribution < 1.29 is 57.0 Å². The molecule has 0 saturated carbocycles. The van der Waals surface area contributed by atoms with Gasteiger partial charge in [0, 0.05) is 5.56 Å². The van der Waals surface area contributed by atoms with E-state index in [1.165, 1.54) is 7.11 Å². The van der Waals surface area contributed by atoms with Gasteiger partial charge in [-0.3, -0.25) is 9.59 Å². The number of β-lactam (4-membered cyclic amide) rings is 1. The number of carbonyl (C=O) groups excluding carboxylic acids is 2. The van der Waals surface area contributed by atoms with Crippen LogP contribution in [0.2, 0.25) is 0 Å². The summed E-state index contributed by atoms with van der Waals surface area (Å²) in [6.45, 7) is -0.397. The van der Waals surface area contributed by atoms with Crippen LogP contribution in [0.15, 0.2) is 35.5 Å². The van der Waals surface area contributed by atoms with Crippen molar-refractivity contribution in [3.63, 3.8) is 0 Å². The molecule has 0 aromatic heterocycles. The van der Waals surface area contributed by atoms with Gasteiger partial charge in [-0.2, -0.15) is 0 Å². The van der Waals surface area contributed by atoms with E-state index < -0.39 is 34.7 Å². The van der Waals surface area contributed by atoms with Crippen LogP contribution in [-0.2, 0) is 24.7 Å². The SMILES string of the molecule is CO/N=C(/C(=O)NC1CN(S(=O)(=O)[O-])C1=O)c1ccccc1.[Na+]. The van der Waals surface area contributed by atoms with E-state index >= 15 is 0 Å². The first-order valence-electron chi connectivity index (χ1n) is 6.09. The molecule has 1 aliphatic rings. The molecular formula is C12H12N3NaO6S. The van der Waals surface area contributed by atoms with E-state index in [4.69, 9.17) is 0 Å². The Morgan fingerprint density at radius 2 is 2.00 bits per heavy atom. The zero-order valence-corrected chi connectivity index (χ0v) is 15.2. The van der Waals surface area contributed by atoms with Gasteiger partial charge in [0.2, 0.25) is 0 Å². The number of hydrogen-bond donors (Lipinski definition) is 1. The minimum Gasteiger partial charge on any atom is -0.731 e. The van der Waals surface area contributed by atoms with E-state index in [-0.39, 0.29) is 39.6 Å². The molecule has 1 aromatic rings. The van der Waals surface area contributed by atoms with Crippen LogP contribution in [-0.4, -0.2) is 54.5 Å². The molecule has 1 atom stereocenters. The van der Waals surface area contributed by atoms with Gasteiger partial charge in [-0.15, -0.1) is 0 Å². The average Bonchev–Trinajstić information content (AvgIpc) is 2.47. The monoisotopic (exact) mass is 349 g/mol. The number of rotatable bonds is 5. The van der Waals surface area contributed by atoms with Crippen LogP contribution in [0.1, 0.15) is 5.56 Å². The molecule has 0 bridgehead atoms. The van der Waals surface area contributed by atoms with Gasteiger partial charge in [-0.25, -0.2) is 12.7 Å². The zero-order chi connectivity index (χ0) is 16.3. The van der Waals surface area contributed by atoms with Crippen LogP contribution in [0.3, 0.4) is 0 Å². The van der Waals surface area contributed by atoms with E-state index in [9.17, 15) is 22.6 Å². The van der Waals surface area contributed by atoms with Gasteiger partial charge in [0.15, 0.2) is 16.0 Å². The van der Waals surface area contributed by atoms with Crippen molar-refractivity contribution in [3.8, 4) is 0 Å². The predicted octanol–water partition coefficient (Wildman–Crippen LogP) is -4.17. The Balaban J connectivity index is 0.00000264. The Morgan fingerprint density at radius 1 is 1.39 bits per heavy atom. The third-order valence-electron chi connectivity index (χ3n) is 2.91. The maximum Gasteiger partial charge on any atom is 1.00 e. The molecule has 1 aliphatic heterocycles. The van der Waals surface area contributed by atoms with Crippen molar-refractivity contribution in [1.82, 2.24) is 9.62 Å². The second-order valence-electron chi connectivity index (χ2n) is 4.34. The predicted molar refractivity (Wildman–Crippen MR) is 73.3 cm³/mol.